The van der Waals surface area contributed by atoms with E-state index in [1.165, 1.54) is 23.9 Å². The van der Waals surface area contributed by atoms with Crippen LogP contribution < -0.4 is 26.0 Å². The summed E-state index contributed by atoms with van der Waals surface area (Å²) < 4.78 is 28.2. The van der Waals surface area contributed by atoms with Crippen molar-refractivity contribution in [2.24, 2.45) is 5.16 Å². The zero-order valence-corrected chi connectivity index (χ0v) is 30.7. The van der Waals surface area contributed by atoms with E-state index in [2.05, 4.69) is 20.8 Å². The Morgan fingerprint density at radius 1 is 1.13 bits per heavy atom. The van der Waals surface area contributed by atoms with Crippen LogP contribution in [0.25, 0.3) is 0 Å². The fraction of sp³-hybridized carbons (Fsp3) is 0.333. The lowest BCUT2D eigenvalue weighted by Crippen LogP contribution is -2.71. The molecule has 1 saturated carbocycles. The largest absolute Gasteiger partial charge is 0.543 e. The van der Waals surface area contributed by atoms with Gasteiger partial charge < -0.3 is 36.0 Å². The minimum Gasteiger partial charge on any atom is -0.543 e. The number of likely N-dealkylation sites (tertiary alicyclic amines) is 1. The van der Waals surface area contributed by atoms with E-state index < -0.39 is 46.7 Å². The maximum atomic E-state index is 13.5. The second kappa shape index (κ2) is 16.0. The Labute approximate surface area is 320 Å². The minimum atomic E-state index is -1.58. The van der Waals surface area contributed by atoms with Crippen molar-refractivity contribution in [1.29, 1.82) is 0 Å². The van der Waals surface area contributed by atoms with Gasteiger partial charge >= 0.3 is 0 Å². The summed E-state index contributed by atoms with van der Waals surface area (Å²) in [5, 5.41) is 22.7. The molecule has 0 spiro atoms. The number of nitrogen functional groups attached to an aromatic ring is 1. The predicted molar refractivity (Wildman–Crippen MR) is 193 cm³/mol. The molecule has 3 fully saturated rings. The third-order valence-electron chi connectivity index (χ3n) is 9.48. The molecule has 15 nitrogen and oxygen atoms in total. The van der Waals surface area contributed by atoms with Crippen LogP contribution in [0.15, 0.2) is 76.2 Å². The van der Waals surface area contributed by atoms with Gasteiger partial charge in [-0.1, -0.05) is 5.16 Å². The van der Waals surface area contributed by atoms with Gasteiger partial charge in [-0.25, -0.2) is 13.8 Å². The summed E-state index contributed by atoms with van der Waals surface area (Å²) in [5.41, 5.74) is 6.99. The smallest absolute Gasteiger partial charge is 0.290 e. The highest BCUT2D eigenvalue weighted by Gasteiger charge is 2.53. The van der Waals surface area contributed by atoms with E-state index in [0.29, 0.717) is 18.5 Å². The van der Waals surface area contributed by atoms with Crippen molar-refractivity contribution in [3.8, 4) is 0 Å². The molecule has 4 aliphatic rings. The van der Waals surface area contributed by atoms with Crippen LogP contribution in [0.1, 0.15) is 43.4 Å². The van der Waals surface area contributed by atoms with Crippen molar-refractivity contribution in [2.45, 2.75) is 62.7 Å². The van der Waals surface area contributed by atoms with Gasteiger partial charge in [-0.2, -0.15) is 4.57 Å². The standard InChI is InChI=1S/C36H34F2N8O7S2/c37-24-6-5-22(14-25(24)38)40-27(47)16-44-10-7-19(8-11-44)15-45-12-9-20(32(45)49)13-21-17-54-34-29(33(50)46(34)30(21)35(51)52)42-31(48)28(26-18-55-36(39)41-26)43-53-23-3-1-2-4-23/h5-8,10-11,13-14,18,23,29,34H,1-4,9,12,15-17H2,(H4-,39,40,41,42,47,48,51,52)/b20-13+,43-28-/t29-,34-/m1/s1. The SMILES string of the molecule is Nc1nc(/C(=N/OC2CCCC2)C(=O)N[C@@H]2C(=O)N3C(C(=O)[O-])=C(/C=C4\CCN(Cc5cc[n+](CC(=O)Nc6ccc(F)c(F)c6)cc5)C4=O)CS[C@H]23)cs1. The molecule has 55 heavy (non-hydrogen) atoms. The fourth-order valence-electron chi connectivity index (χ4n) is 6.70. The second-order valence-corrected chi connectivity index (χ2v) is 15.2. The molecule has 0 radical (unpaired) electrons. The van der Waals surface area contributed by atoms with Crippen LogP contribution in [0, 0.1) is 11.6 Å². The van der Waals surface area contributed by atoms with Gasteiger partial charge in [0.15, 0.2) is 34.9 Å². The number of pyridine rings is 1. The number of hydrogen-bond acceptors (Lipinski definition) is 12. The van der Waals surface area contributed by atoms with E-state index >= 15 is 0 Å². The average molecular weight is 793 g/mol. The fourth-order valence-corrected chi connectivity index (χ4v) is 8.55. The lowest BCUT2D eigenvalue weighted by atomic mass is 10.0. The molecule has 3 aromatic rings. The molecule has 1 aliphatic carbocycles. The van der Waals surface area contributed by atoms with Gasteiger partial charge in [0.1, 0.15) is 23.2 Å². The van der Waals surface area contributed by atoms with Gasteiger partial charge in [0.2, 0.25) is 12.5 Å². The number of thiazole rings is 1. The first-order valence-corrected chi connectivity index (χ1v) is 19.3. The van der Waals surface area contributed by atoms with Crippen LogP contribution in [-0.4, -0.2) is 79.9 Å². The summed E-state index contributed by atoms with van der Waals surface area (Å²) in [5.74, 6) is -5.66. The number of halogens is 2. The molecule has 7 rings (SSSR count). The van der Waals surface area contributed by atoms with E-state index in [1.807, 2.05) is 0 Å². The number of aromatic nitrogens is 2. The first-order valence-electron chi connectivity index (χ1n) is 17.3. The van der Waals surface area contributed by atoms with Gasteiger partial charge in [0, 0.05) is 53.7 Å². The molecule has 2 aromatic heterocycles. The van der Waals surface area contributed by atoms with Crippen molar-refractivity contribution in [2.75, 3.05) is 23.3 Å². The number of nitrogens with two attached hydrogens (primary N) is 1. The number of oxime groups is 1. The molecule has 1 aromatic carbocycles. The van der Waals surface area contributed by atoms with Gasteiger partial charge in [-0.3, -0.25) is 24.1 Å². The average Bonchev–Trinajstić information content (AvgIpc) is 3.92. The third-order valence-corrected chi connectivity index (χ3v) is 11.5. The number of carboxylic acid groups (broad SMARTS) is 1. The topological polar surface area (TPSA) is 203 Å². The normalized spacial score (nSPS) is 20.8. The number of aliphatic carboxylic acids is 1. The molecule has 19 heteroatoms. The molecule has 4 N–H and O–H groups in total. The minimum absolute atomic E-state index is 0.0943. The number of β-lactam (4-membered cyclic amide) rings is 1. The number of rotatable bonds is 12. The maximum Gasteiger partial charge on any atom is 0.290 e. The van der Waals surface area contributed by atoms with E-state index in [-0.39, 0.29) is 64.3 Å². The number of carboxylic acids is 1. The highest BCUT2D eigenvalue weighted by atomic mass is 32.2. The third kappa shape index (κ3) is 8.21. The number of anilines is 2. The molecule has 2 saturated heterocycles. The number of nitrogens with zero attached hydrogens (tertiary/aromatic N) is 5. The number of thioether (sulfide) groups is 1. The summed E-state index contributed by atoms with van der Waals surface area (Å²) in [6, 6.07) is 5.48. The van der Waals surface area contributed by atoms with Crippen LogP contribution in [0.4, 0.5) is 19.6 Å². The van der Waals surface area contributed by atoms with Crippen molar-refractivity contribution >= 4 is 69.2 Å². The number of nitrogens with one attached hydrogen (secondary N) is 2. The lowest BCUT2D eigenvalue weighted by molar-refractivity contribution is -0.684. The zero-order valence-electron chi connectivity index (χ0n) is 29.0. The number of allylic oxidation sites excluding steroid dienone is 1. The summed E-state index contributed by atoms with van der Waals surface area (Å²) in [6.45, 7) is 0.524. The van der Waals surface area contributed by atoms with Gasteiger partial charge in [-0.15, -0.1) is 23.1 Å². The molecule has 0 unspecified atom stereocenters. The molecule has 5 heterocycles. The van der Waals surface area contributed by atoms with Crippen molar-refractivity contribution in [3.63, 3.8) is 0 Å². The van der Waals surface area contributed by atoms with E-state index in [9.17, 15) is 37.9 Å². The molecule has 286 valence electrons. The number of fused-ring (bicyclic) bond motifs is 1. The molecule has 2 atom stereocenters. The predicted octanol–water partition coefficient (Wildman–Crippen LogP) is 1.36. The van der Waals surface area contributed by atoms with Gasteiger partial charge in [0.25, 0.3) is 17.7 Å². The maximum absolute atomic E-state index is 13.5. The number of carbonyl (C=O) groups is 5. The van der Waals surface area contributed by atoms with Crippen LogP contribution in [0.3, 0.4) is 0 Å². The number of benzene rings is 1. The van der Waals surface area contributed by atoms with E-state index in [0.717, 1.165) is 59.6 Å². The Hall–Kier alpha value is -5.69. The first-order chi connectivity index (χ1) is 26.4. The van der Waals surface area contributed by atoms with Crippen LogP contribution >= 0.6 is 23.1 Å². The lowest BCUT2D eigenvalue weighted by Gasteiger charge is -2.50. The molecule has 4 amide bonds. The Morgan fingerprint density at radius 2 is 1.89 bits per heavy atom. The second-order valence-electron chi connectivity index (χ2n) is 13.2. The summed E-state index contributed by atoms with van der Waals surface area (Å²) in [6.07, 6.45) is 8.58. The summed E-state index contributed by atoms with van der Waals surface area (Å²) in [4.78, 5) is 77.5. The molecule has 3 aliphatic heterocycles. The Balaban J connectivity index is 0.977. The van der Waals surface area contributed by atoms with Crippen LogP contribution in [-0.2, 0) is 41.9 Å². The molecule has 0 bridgehead atoms. The quantitative estimate of drug-likeness (QED) is 0.0790. The molecular formula is C36H34F2N8O7S2. The summed E-state index contributed by atoms with van der Waals surface area (Å²) >= 11 is 2.36. The van der Waals surface area contributed by atoms with E-state index in [4.69, 9.17) is 10.6 Å². The van der Waals surface area contributed by atoms with Crippen molar-refractivity contribution in [1.82, 2.24) is 20.1 Å². The van der Waals surface area contributed by atoms with Gasteiger partial charge in [-0.05, 0) is 61.4 Å². The van der Waals surface area contributed by atoms with Crippen molar-refractivity contribution in [3.05, 3.63) is 93.9 Å². The summed E-state index contributed by atoms with van der Waals surface area (Å²) in [7, 11) is 0. The Bertz CT molecular complexity index is 2150. The first kappa shape index (κ1) is 37.6. The Morgan fingerprint density at radius 3 is 2.58 bits per heavy atom. The zero-order chi connectivity index (χ0) is 38.8. The Kier molecular flexibility index (Phi) is 10.9. The monoisotopic (exact) mass is 792 g/mol. The van der Waals surface area contributed by atoms with Crippen LogP contribution in [0.2, 0.25) is 0 Å². The number of hydrogen-bond donors (Lipinski definition) is 3. The van der Waals surface area contributed by atoms with E-state index in [1.54, 1.807) is 39.4 Å². The van der Waals surface area contributed by atoms with Crippen LogP contribution in [0.5, 0.6) is 0 Å². The number of amides is 4. The molecular weight excluding hydrogens is 759 g/mol. The highest BCUT2D eigenvalue weighted by molar-refractivity contribution is 8.00. The van der Waals surface area contributed by atoms with Crippen molar-refractivity contribution < 1.29 is 47.3 Å². The highest BCUT2D eigenvalue weighted by Crippen LogP contribution is 2.41. The number of carbonyl (C=O) groups excluding carboxylic acids is 5. The van der Waals surface area contributed by atoms with Gasteiger partial charge in [0.05, 0.1) is 11.7 Å².